The number of aliphatic hydroxyl groups excluding tert-OH is 1. The molecule has 1 aliphatic carbocycles. The lowest BCUT2D eigenvalue weighted by Crippen LogP contribution is -2.40. The van der Waals surface area contributed by atoms with Crippen LogP contribution in [-0.4, -0.2) is 35.9 Å². The quantitative estimate of drug-likeness (QED) is 0.610. The van der Waals surface area contributed by atoms with Gasteiger partial charge < -0.3 is 14.6 Å². The smallest absolute Gasteiger partial charge is 0.338 e. The van der Waals surface area contributed by atoms with Crippen molar-refractivity contribution in [3.8, 4) is 0 Å². The molecule has 0 spiro atoms. The molecule has 28 heavy (non-hydrogen) atoms. The first-order valence-corrected chi connectivity index (χ1v) is 9.47. The normalized spacial score (nSPS) is 22.0. The molecule has 0 bridgehead atoms. The van der Waals surface area contributed by atoms with E-state index in [1.807, 2.05) is 18.2 Å². The van der Waals surface area contributed by atoms with E-state index >= 15 is 0 Å². The van der Waals surface area contributed by atoms with Crippen LogP contribution in [0.15, 0.2) is 72.8 Å². The van der Waals surface area contributed by atoms with Crippen LogP contribution < -0.4 is 0 Å². The van der Waals surface area contributed by atoms with Gasteiger partial charge in [-0.25, -0.2) is 9.59 Å². The van der Waals surface area contributed by atoms with Crippen molar-refractivity contribution in [3.63, 3.8) is 0 Å². The lowest BCUT2D eigenvalue weighted by atomic mass is 9.84. The van der Waals surface area contributed by atoms with Crippen molar-refractivity contribution in [1.82, 2.24) is 0 Å². The number of hydrogen-bond donors (Lipinski definition) is 1. The fourth-order valence-corrected chi connectivity index (χ4v) is 3.38. The fourth-order valence-electron chi connectivity index (χ4n) is 3.38. The minimum Gasteiger partial charge on any atom is -0.455 e. The largest absolute Gasteiger partial charge is 0.455 e. The maximum absolute atomic E-state index is 12.5. The third-order valence-corrected chi connectivity index (χ3v) is 4.82. The first-order chi connectivity index (χ1) is 13.7. The number of carbonyl (C=O) groups excluding carboxylic acids is 2. The summed E-state index contributed by atoms with van der Waals surface area (Å²) in [6, 6.07) is 17.6. The number of aliphatic hydroxyl groups is 1. The summed E-state index contributed by atoms with van der Waals surface area (Å²) in [6.45, 7) is -0.0304. The van der Waals surface area contributed by atoms with Gasteiger partial charge in [0.05, 0.1) is 17.7 Å². The van der Waals surface area contributed by atoms with Crippen LogP contribution in [0.2, 0.25) is 0 Å². The maximum Gasteiger partial charge on any atom is 0.338 e. The number of allylic oxidation sites excluding steroid dienone is 1. The zero-order valence-corrected chi connectivity index (χ0v) is 15.6. The van der Waals surface area contributed by atoms with Crippen LogP contribution in [0.5, 0.6) is 0 Å². The number of benzene rings is 2. The van der Waals surface area contributed by atoms with Gasteiger partial charge in [0.1, 0.15) is 12.2 Å². The molecule has 146 valence electrons. The van der Waals surface area contributed by atoms with Crippen LogP contribution in [0, 0.1) is 5.92 Å². The fraction of sp³-hybridized carbons (Fsp3) is 0.304. The Morgan fingerprint density at radius 2 is 1.39 bits per heavy atom. The zero-order valence-electron chi connectivity index (χ0n) is 15.6. The van der Waals surface area contributed by atoms with E-state index in [0.717, 1.165) is 6.42 Å². The Kier molecular flexibility index (Phi) is 6.98. The Labute approximate surface area is 164 Å². The summed E-state index contributed by atoms with van der Waals surface area (Å²) >= 11 is 0. The predicted molar refractivity (Wildman–Crippen MR) is 105 cm³/mol. The van der Waals surface area contributed by atoms with Crippen LogP contribution >= 0.6 is 0 Å². The van der Waals surface area contributed by atoms with Crippen molar-refractivity contribution in [1.29, 1.82) is 0 Å². The molecule has 2 aromatic rings. The van der Waals surface area contributed by atoms with Crippen LogP contribution in [0.3, 0.4) is 0 Å². The second-order valence-corrected chi connectivity index (χ2v) is 6.80. The molecule has 0 aromatic heterocycles. The Morgan fingerprint density at radius 3 is 1.93 bits per heavy atom. The van der Waals surface area contributed by atoms with Crippen LogP contribution in [0.4, 0.5) is 0 Å². The van der Waals surface area contributed by atoms with Gasteiger partial charge in [-0.15, -0.1) is 0 Å². The minimum absolute atomic E-state index is 0.0304. The Morgan fingerprint density at radius 1 is 0.857 bits per heavy atom. The maximum atomic E-state index is 12.5. The average molecular weight is 380 g/mol. The molecule has 3 rings (SSSR count). The Hall–Kier alpha value is -2.92. The molecule has 3 atom stereocenters. The van der Waals surface area contributed by atoms with E-state index in [9.17, 15) is 9.59 Å². The Balaban J connectivity index is 1.72. The molecule has 2 aromatic carbocycles. The van der Waals surface area contributed by atoms with E-state index in [-0.39, 0.29) is 12.5 Å². The molecule has 0 amide bonds. The van der Waals surface area contributed by atoms with E-state index < -0.39 is 24.1 Å². The van der Waals surface area contributed by atoms with Crippen molar-refractivity contribution in [2.45, 2.75) is 31.5 Å². The van der Waals surface area contributed by atoms with E-state index in [0.29, 0.717) is 24.0 Å². The average Bonchev–Trinajstić information content (AvgIpc) is 2.75. The number of carbonyl (C=O) groups is 2. The van der Waals surface area contributed by atoms with Gasteiger partial charge in [0.25, 0.3) is 0 Å². The summed E-state index contributed by atoms with van der Waals surface area (Å²) < 4.78 is 11.4. The van der Waals surface area contributed by atoms with E-state index in [1.165, 1.54) is 0 Å². The highest BCUT2D eigenvalue weighted by atomic mass is 16.6. The summed E-state index contributed by atoms with van der Waals surface area (Å²) in [4.78, 5) is 25.0. The van der Waals surface area contributed by atoms with Gasteiger partial charge in [-0.05, 0) is 49.4 Å². The van der Waals surface area contributed by atoms with E-state index in [4.69, 9.17) is 14.6 Å². The number of ether oxygens (including phenoxy) is 2. The van der Waals surface area contributed by atoms with Crippen molar-refractivity contribution < 1.29 is 24.2 Å². The first-order valence-electron chi connectivity index (χ1n) is 9.47. The highest BCUT2D eigenvalue weighted by Crippen LogP contribution is 2.31. The molecule has 2 unspecified atom stereocenters. The van der Waals surface area contributed by atoms with Gasteiger partial charge in [-0.1, -0.05) is 48.6 Å². The van der Waals surface area contributed by atoms with Crippen LogP contribution in [0.1, 0.15) is 40.0 Å². The molecule has 5 nitrogen and oxygen atoms in total. The van der Waals surface area contributed by atoms with Gasteiger partial charge in [0.2, 0.25) is 0 Å². The van der Waals surface area contributed by atoms with Gasteiger partial charge in [-0.2, -0.15) is 0 Å². The van der Waals surface area contributed by atoms with Crippen LogP contribution in [-0.2, 0) is 9.47 Å². The van der Waals surface area contributed by atoms with Gasteiger partial charge in [0, 0.05) is 0 Å². The molecule has 0 aliphatic heterocycles. The van der Waals surface area contributed by atoms with Crippen molar-refractivity contribution in [3.05, 3.63) is 83.9 Å². The topological polar surface area (TPSA) is 72.8 Å². The second kappa shape index (κ2) is 9.85. The lowest BCUT2D eigenvalue weighted by Gasteiger charge is -2.34. The predicted octanol–water partition coefficient (Wildman–Crippen LogP) is 3.79. The number of hydrogen-bond acceptors (Lipinski definition) is 5. The third-order valence-electron chi connectivity index (χ3n) is 4.82. The monoisotopic (exact) mass is 380 g/mol. The zero-order chi connectivity index (χ0) is 19.8. The van der Waals surface area contributed by atoms with Crippen molar-refractivity contribution >= 4 is 11.9 Å². The molecule has 1 saturated carbocycles. The molecule has 0 saturated heterocycles. The molecule has 1 aliphatic rings. The molecule has 0 radical (unpaired) electrons. The summed E-state index contributed by atoms with van der Waals surface area (Å²) in [5, 5.41) is 9.01. The summed E-state index contributed by atoms with van der Waals surface area (Å²) in [5.74, 6) is -0.693. The summed E-state index contributed by atoms with van der Waals surface area (Å²) in [7, 11) is 0. The van der Waals surface area contributed by atoms with Gasteiger partial charge in [-0.3, -0.25) is 0 Å². The molecular formula is C23H24O5. The molecule has 1 N–H and O–H groups in total. The first kappa shape index (κ1) is 19.8. The van der Waals surface area contributed by atoms with E-state index in [1.54, 1.807) is 54.6 Å². The minimum atomic E-state index is -0.539. The molecular weight excluding hydrogens is 356 g/mol. The van der Waals surface area contributed by atoms with Crippen molar-refractivity contribution in [2.75, 3.05) is 6.61 Å². The van der Waals surface area contributed by atoms with E-state index in [2.05, 4.69) is 0 Å². The number of rotatable bonds is 6. The molecule has 0 heterocycles. The lowest BCUT2D eigenvalue weighted by molar-refractivity contribution is -0.0573. The molecule has 5 heteroatoms. The number of esters is 2. The van der Waals surface area contributed by atoms with Crippen LogP contribution in [0.25, 0.3) is 0 Å². The third kappa shape index (κ3) is 5.30. The second-order valence-electron chi connectivity index (χ2n) is 6.80. The summed E-state index contributed by atoms with van der Waals surface area (Å²) in [5.41, 5.74) is 0.932. The Bertz CT molecular complexity index is 800. The van der Waals surface area contributed by atoms with Gasteiger partial charge in [0.15, 0.2) is 0 Å². The molecule has 1 fully saturated rings. The standard InChI is InChI=1S/C23H24O5/c24-15-7-8-17-13-14-20(27-22(25)18-9-3-1-4-10-18)21(16-17)28-23(26)19-11-5-2-6-12-19/h1-12,17,20-21,24H,13-16H2/b8-7+/t17-,20?,21?/m0/s1. The van der Waals surface area contributed by atoms with Crippen molar-refractivity contribution in [2.24, 2.45) is 5.92 Å². The highest BCUT2D eigenvalue weighted by molar-refractivity contribution is 5.90. The highest BCUT2D eigenvalue weighted by Gasteiger charge is 2.35. The van der Waals surface area contributed by atoms with Gasteiger partial charge >= 0.3 is 11.9 Å². The SMILES string of the molecule is O=C(OC1CC[C@H](/C=C/CO)CC1OC(=O)c1ccccc1)c1ccccc1. The summed E-state index contributed by atoms with van der Waals surface area (Å²) in [6.07, 6.45) is 4.51.